The third-order valence-corrected chi connectivity index (χ3v) is 6.86. The highest BCUT2D eigenvalue weighted by atomic mass is 32.1. The van der Waals surface area contributed by atoms with E-state index in [0.29, 0.717) is 0 Å². The van der Waals surface area contributed by atoms with Gasteiger partial charge in [0.05, 0.1) is 18.8 Å². The number of hydrogen-bond donors (Lipinski definition) is 3. The number of benzene rings is 2. The zero-order valence-corrected chi connectivity index (χ0v) is 17.0. The summed E-state index contributed by atoms with van der Waals surface area (Å²) in [7, 11) is 0. The Kier molecular flexibility index (Phi) is 5.99. The number of aliphatic hydroxyl groups excluding tert-OH is 3. The van der Waals surface area contributed by atoms with E-state index >= 15 is 0 Å². The molecule has 1 aliphatic rings. The van der Waals surface area contributed by atoms with Gasteiger partial charge in [-0.25, -0.2) is 4.39 Å². The average Bonchev–Trinajstić information content (AvgIpc) is 3.14. The molecule has 3 aromatic rings. The van der Waals surface area contributed by atoms with Crippen LogP contribution in [0.4, 0.5) is 4.39 Å². The van der Waals surface area contributed by atoms with Gasteiger partial charge in [0.25, 0.3) is 0 Å². The lowest BCUT2D eigenvalue weighted by Gasteiger charge is -2.41. The summed E-state index contributed by atoms with van der Waals surface area (Å²) >= 11 is 1.68. The van der Waals surface area contributed by atoms with E-state index in [9.17, 15) is 19.7 Å². The molecule has 2 heterocycles. The second-order valence-electron chi connectivity index (χ2n) is 7.76. The van der Waals surface area contributed by atoms with Crippen molar-refractivity contribution >= 4 is 21.4 Å². The second-order valence-corrected chi connectivity index (χ2v) is 8.67. The largest absolute Gasteiger partial charge is 0.394 e. The van der Waals surface area contributed by atoms with Crippen LogP contribution in [0.5, 0.6) is 0 Å². The minimum atomic E-state index is -1.10. The summed E-state index contributed by atoms with van der Waals surface area (Å²) in [5.41, 5.74) is 3.24. The van der Waals surface area contributed by atoms with Gasteiger partial charge in [-0.15, -0.1) is 11.3 Å². The predicted molar refractivity (Wildman–Crippen MR) is 112 cm³/mol. The molecule has 1 fully saturated rings. The fourth-order valence-corrected chi connectivity index (χ4v) is 5.01. The van der Waals surface area contributed by atoms with Crippen molar-refractivity contribution in [2.75, 3.05) is 6.61 Å². The molecule has 2 unspecified atom stereocenters. The Bertz CT molecular complexity index is 969. The van der Waals surface area contributed by atoms with Crippen LogP contribution in [0.25, 0.3) is 10.1 Å². The van der Waals surface area contributed by atoms with Gasteiger partial charge < -0.3 is 20.1 Å². The molecular formula is C23H25FO4S. The van der Waals surface area contributed by atoms with Crippen LogP contribution < -0.4 is 0 Å². The summed E-state index contributed by atoms with van der Waals surface area (Å²) in [5.74, 6) is -0.527. The van der Waals surface area contributed by atoms with E-state index in [1.54, 1.807) is 11.3 Å². The van der Waals surface area contributed by atoms with Crippen molar-refractivity contribution in [1.82, 2.24) is 0 Å². The predicted octanol–water partition coefficient (Wildman–Crippen LogP) is 3.62. The quantitative estimate of drug-likeness (QED) is 0.594. The first kappa shape index (κ1) is 20.4. The minimum absolute atomic E-state index is 0.227. The fraction of sp³-hybridized carbons (Fsp3) is 0.391. The summed E-state index contributed by atoms with van der Waals surface area (Å²) in [6, 6.07) is 12.7. The van der Waals surface area contributed by atoms with Gasteiger partial charge in [0.15, 0.2) is 0 Å². The van der Waals surface area contributed by atoms with Crippen LogP contribution in [0, 0.1) is 11.7 Å². The molecule has 0 spiro atoms. The zero-order chi connectivity index (χ0) is 20.5. The third-order valence-electron chi connectivity index (χ3n) is 5.85. The molecule has 1 aliphatic heterocycles. The third kappa shape index (κ3) is 4.09. The lowest BCUT2D eigenvalue weighted by molar-refractivity contribution is -0.207. The van der Waals surface area contributed by atoms with Crippen molar-refractivity contribution in [2.24, 2.45) is 5.92 Å². The van der Waals surface area contributed by atoms with Crippen LogP contribution in [-0.4, -0.2) is 40.2 Å². The molecule has 0 amide bonds. The first-order valence-electron chi connectivity index (χ1n) is 9.85. The molecule has 0 bridgehead atoms. The van der Waals surface area contributed by atoms with E-state index in [0.717, 1.165) is 29.4 Å². The van der Waals surface area contributed by atoms with Gasteiger partial charge >= 0.3 is 0 Å². The lowest BCUT2D eigenvalue weighted by atomic mass is 9.84. The number of thiophene rings is 1. The molecule has 154 valence electrons. The first-order chi connectivity index (χ1) is 14.0. The van der Waals surface area contributed by atoms with E-state index in [2.05, 4.69) is 17.5 Å². The maximum atomic E-state index is 13.1. The number of ether oxygens (including phenoxy) is 1. The Labute approximate surface area is 173 Å². The van der Waals surface area contributed by atoms with Crippen LogP contribution in [0.1, 0.15) is 29.7 Å². The second kappa shape index (κ2) is 8.50. The molecule has 29 heavy (non-hydrogen) atoms. The highest BCUT2D eigenvalue weighted by Gasteiger charge is 2.42. The molecule has 4 rings (SSSR count). The highest BCUT2D eigenvalue weighted by Crippen LogP contribution is 2.39. The summed E-state index contributed by atoms with van der Waals surface area (Å²) in [4.78, 5) is 0. The van der Waals surface area contributed by atoms with Gasteiger partial charge in [-0.2, -0.15) is 0 Å². The minimum Gasteiger partial charge on any atom is -0.394 e. The Balaban J connectivity index is 1.58. The topological polar surface area (TPSA) is 69.9 Å². The van der Waals surface area contributed by atoms with E-state index < -0.39 is 24.4 Å². The molecule has 2 aromatic carbocycles. The smallest absolute Gasteiger partial charge is 0.123 e. The maximum absolute atomic E-state index is 13.1. The van der Waals surface area contributed by atoms with Crippen molar-refractivity contribution in [3.8, 4) is 0 Å². The van der Waals surface area contributed by atoms with Crippen LogP contribution in [-0.2, 0) is 17.6 Å². The number of hydrogen-bond acceptors (Lipinski definition) is 5. The van der Waals surface area contributed by atoms with Crippen LogP contribution >= 0.6 is 11.3 Å². The van der Waals surface area contributed by atoms with Crippen molar-refractivity contribution < 1.29 is 24.4 Å². The lowest BCUT2D eigenvalue weighted by Crippen LogP contribution is -2.51. The number of rotatable bonds is 5. The Morgan fingerprint density at radius 1 is 1.03 bits per heavy atom. The van der Waals surface area contributed by atoms with Crippen LogP contribution in [0.3, 0.4) is 0 Å². The van der Waals surface area contributed by atoms with Gasteiger partial charge in [-0.05, 0) is 64.6 Å². The maximum Gasteiger partial charge on any atom is 0.123 e. The molecular weight excluding hydrogens is 391 g/mol. The molecule has 1 aromatic heterocycles. The van der Waals surface area contributed by atoms with Gasteiger partial charge in [0.2, 0.25) is 0 Å². The van der Waals surface area contributed by atoms with E-state index in [1.165, 1.54) is 22.4 Å². The Hall–Kier alpha value is -1.83. The van der Waals surface area contributed by atoms with Crippen molar-refractivity contribution in [3.63, 3.8) is 0 Å². The standard InChI is InChI=1S/C23H25FO4S/c1-13-21(26)22(27)19(11-25)28-23(13)15-6-9-20-18(10-15)16(12-29-20)5-2-14-3-7-17(24)8-4-14/h3-4,6-10,12-13,19,21-23,25-27H,2,5,11H2,1H3/t13-,19?,21?,22-,23-/m1/s1. The van der Waals surface area contributed by atoms with Crippen LogP contribution in [0.15, 0.2) is 47.8 Å². The number of aryl methyl sites for hydroxylation is 2. The molecule has 3 N–H and O–H groups in total. The SMILES string of the molecule is C[C@@H]1C(O)[C@H](O)C(CO)O[C@H]1c1ccc2scc(CCc3ccc(F)cc3)c2c1. The Morgan fingerprint density at radius 2 is 1.79 bits per heavy atom. The number of fused-ring (bicyclic) bond motifs is 1. The van der Waals surface area contributed by atoms with E-state index in [-0.39, 0.29) is 18.3 Å². The van der Waals surface area contributed by atoms with Gasteiger partial charge in [0, 0.05) is 10.6 Å². The zero-order valence-electron chi connectivity index (χ0n) is 16.2. The monoisotopic (exact) mass is 416 g/mol. The highest BCUT2D eigenvalue weighted by molar-refractivity contribution is 7.17. The summed E-state index contributed by atoms with van der Waals surface area (Å²) < 4.78 is 20.2. The average molecular weight is 417 g/mol. The number of aliphatic hydroxyl groups is 3. The summed E-state index contributed by atoms with van der Waals surface area (Å²) in [6.45, 7) is 1.50. The molecule has 6 heteroatoms. The summed E-state index contributed by atoms with van der Waals surface area (Å²) in [6.07, 6.45) is -1.59. The van der Waals surface area contributed by atoms with E-state index in [4.69, 9.17) is 4.74 Å². The van der Waals surface area contributed by atoms with Crippen molar-refractivity contribution in [2.45, 2.75) is 44.2 Å². The van der Waals surface area contributed by atoms with Crippen molar-refractivity contribution in [3.05, 3.63) is 70.4 Å². The normalized spacial score (nSPS) is 27.4. The summed E-state index contributed by atoms with van der Waals surface area (Å²) in [5, 5.41) is 33.3. The molecule has 5 atom stereocenters. The number of halogens is 1. The molecule has 0 saturated carbocycles. The van der Waals surface area contributed by atoms with Gasteiger partial charge in [0.1, 0.15) is 18.0 Å². The van der Waals surface area contributed by atoms with E-state index in [1.807, 2.05) is 25.1 Å². The Morgan fingerprint density at radius 3 is 2.52 bits per heavy atom. The fourth-order valence-electron chi connectivity index (χ4n) is 4.04. The van der Waals surface area contributed by atoms with Crippen molar-refractivity contribution in [1.29, 1.82) is 0 Å². The molecule has 0 radical (unpaired) electrons. The van der Waals surface area contributed by atoms with Crippen LogP contribution in [0.2, 0.25) is 0 Å². The first-order valence-corrected chi connectivity index (χ1v) is 10.7. The van der Waals surface area contributed by atoms with Gasteiger partial charge in [-0.3, -0.25) is 0 Å². The van der Waals surface area contributed by atoms with Gasteiger partial charge in [-0.1, -0.05) is 25.1 Å². The molecule has 4 nitrogen and oxygen atoms in total. The molecule has 0 aliphatic carbocycles. The molecule has 1 saturated heterocycles.